The molecule has 4 N–H and O–H groups in total. The van der Waals surface area contributed by atoms with Crippen LogP contribution in [0.4, 0.5) is 0 Å². The van der Waals surface area contributed by atoms with E-state index in [1.807, 2.05) is 0 Å². The largest absolute Gasteiger partial charge is 0.481 e. The summed E-state index contributed by atoms with van der Waals surface area (Å²) in [5.41, 5.74) is 5.60. The highest BCUT2D eigenvalue weighted by Gasteiger charge is 2.25. The van der Waals surface area contributed by atoms with E-state index >= 15 is 0 Å². The minimum atomic E-state index is -0.741. The lowest BCUT2D eigenvalue weighted by Gasteiger charge is -2.18. The fourth-order valence-corrected chi connectivity index (χ4v) is 1.95. The molecular weight excluding hydrogens is 168 g/mol. The van der Waals surface area contributed by atoms with Crippen LogP contribution >= 0.6 is 0 Å². The quantitative estimate of drug-likeness (QED) is 0.572. The summed E-state index contributed by atoms with van der Waals surface area (Å²) in [6.07, 6.45) is 3.74. The van der Waals surface area contributed by atoms with Crippen LogP contribution in [0.1, 0.15) is 25.7 Å². The summed E-state index contributed by atoms with van der Waals surface area (Å²) in [6, 6.07) is 0.448. The van der Waals surface area contributed by atoms with Gasteiger partial charge >= 0.3 is 5.97 Å². The SMILES string of the molecule is NCC1CCCC1NCCC(=O)O. The third kappa shape index (κ3) is 3.32. The van der Waals surface area contributed by atoms with Crippen molar-refractivity contribution in [3.8, 4) is 0 Å². The molecule has 0 amide bonds. The lowest BCUT2D eigenvalue weighted by molar-refractivity contribution is -0.136. The molecule has 13 heavy (non-hydrogen) atoms. The summed E-state index contributed by atoms with van der Waals surface area (Å²) in [6.45, 7) is 1.28. The molecule has 0 aromatic carbocycles. The van der Waals surface area contributed by atoms with Gasteiger partial charge in [0, 0.05) is 12.6 Å². The number of carbonyl (C=O) groups is 1. The second-order valence-corrected chi connectivity index (χ2v) is 3.63. The predicted molar refractivity (Wildman–Crippen MR) is 50.4 cm³/mol. The molecule has 0 radical (unpaired) electrons. The van der Waals surface area contributed by atoms with Crippen molar-refractivity contribution in [3.05, 3.63) is 0 Å². The zero-order valence-electron chi connectivity index (χ0n) is 7.83. The minimum Gasteiger partial charge on any atom is -0.481 e. The van der Waals surface area contributed by atoms with Crippen molar-refractivity contribution in [2.45, 2.75) is 31.7 Å². The van der Waals surface area contributed by atoms with Gasteiger partial charge in [-0.25, -0.2) is 0 Å². The third-order valence-corrected chi connectivity index (χ3v) is 2.71. The van der Waals surface area contributed by atoms with Gasteiger partial charge in [0.05, 0.1) is 6.42 Å². The van der Waals surface area contributed by atoms with E-state index in [9.17, 15) is 4.79 Å². The number of hydrogen-bond acceptors (Lipinski definition) is 3. The Balaban J connectivity index is 2.16. The fraction of sp³-hybridized carbons (Fsp3) is 0.889. The van der Waals surface area contributed by atoms with Crippen LogP contribution in [0.25, 0.3) is 0 Å². The van der Waals surface area contributed by atoms with Crippen LogP contribution in [0.5, 0.6) is 0 Å². The van der Waals surface area contributed by atoms with Crippen LogP contribution in [0.2, 0.25) is 0 Å². The summed E-state index contributed by atoms with van der Waals surface area (Å²) < 4.78 is 0. The average molecular weight is 186 g/mol. The zero-order chi connectivity index (χ0) is 9.68. The number of rotatable bonds is 5. The molecule has 1 aliphatic carbocycles. The Kier molecular flexibility index (Phi) is 4.18. The maximum absolute atomic E-state index is 10.3. The van der Waals surface area contributed by atoms with Crippen molar-refractivity contribution in [2.24, 2.45) is 11.7 Å². The highest BCUT2D eigenvalue weighted by atomic mass is 16.4. The van der Waals surface area contributed by atoms with Crippen LogP contribution in [0, 0.1) is 5.92 Å². The summed E-state index contributed by atoms with van der Waals surface area (Å²) in [7, 11) is 0. The molecule has 0 bridgehead atoms. The number of hydrogen-bond donors (Lipinski definition) is 3. The molecule has 0 spiro atoms. The monoisotopic (exact) mass is 186 g/mol. The number of aliphatic carboxylic acids is 1. The van der Waals surface area contributed by atoms with Gasteiger partial charge in [0.15, 0.2) is 0 Å². The molecular formula is C9H18N2O2. The Hall–Kier alpha value is -0.610. The topological polar surface area (TPSA) is 75.3 Å². The van der Waals surface area contributed by atoms with Gasteiger partial charge in [-0.1, -0.05) is 6.42 Å². The third-order valence-electron chi connectivity index (χ3n) is 2.71. The van der Waals surface area contributed by atoms with Crippen molar-refractivity contribution >= 4 is 5.97 Å². The Labute approximate surface area is 78.5 Å². The molecule has 1 aliphatic rings. The van der Waals surface area contributed by atoms with Crippen LogP contribution in [0.3, 0.4) is 0 Å². The minimum absolute atomic E-state index is 0.202. The van der Waals surface area contributed by atoms with Gasteiger partial charge in [0.25, 0.3) is 0 Å². The standard InChI is InChI=1S/C9H18N2O2/c10-6-7-2-1-3-8(7)11-5-4-9(12)13/h7-8,11H,1-6,10H2,(H,12,13). The van der Waals surface area contributed by atoms with Crippen molar-refractivity contribution in [2.75, 3.05) is 13.1 Å². The van der Waals surface area contributed by atoms with Gasteiger partial charge in [-0.2, -0.15) is 0 Å². The van der Waals surface area contributed by atoms with Crippen molar-refractivity contribution in [3.63, 3.8) is 0 Å². The second-order valence-electron chi connectivity index (χ2n) is 3.63. The molecule has 0 saturated heterocycles. The maximum atomic E-state index is 10.3. The highest BCUT2D eigenvalue weighted by molar-refractivity contribution is 5.66. The average Bonchev–Trinajstić information content (AvgIpc) is 2.51. The van der Waals surface area contributed by atoms with E-state index in [4.69, 9.17) is 10.8 Å². The Morgan fingerprint density at radius 3 is 2.92 bits per heavy atom. The lowest BCUT2D eigenvalue weighted by Crippen LogP contribution is -2.37. The van der Waals surface area contributed by atoms with E-state index in [1.165, 1.54) is 12.8 Å². The van der Waals surface area contributed by atoms with Gasteiger partial charge in [-0.15, -0.1) is 0 Å². The van der Waals surface area contributed by atoms with Crippen LogP contribution < -0.4 is 11.1 Å². The summed E-state index contributed by atoms with van der Waals surface area (Å²) in [5, 5.41) is 11.7. The molecule has 0 aromatic heterocycles. The van der Waals surface area contributed by atoms with Gasteiger partial charge in [-0.05, 0) is 25.3 Å². The number of carboxylic acid groups (broad SMARTS) is 1. The molecule has 2 atom stereocenters. The molecule has 2 unspecified atom stereocenters. The molecule has 0 heterocycles. The van der Waals surface area contributed by atoms with Crippen molar-refractivity contribution in [1.29, 1.82) is 0 Å². The Morgan fingerprint density at radius 1 is 1.54 bits per heavy atom. The molecule has 1 rings (SSSR count). The Bertz CT molecular complexity index is 173. The van der Waals surface area contributed by atoms with Gasteiger partial charge < -0.3 is 16.2 Å². The highest BCUT2D eigenvalue weighted by Crippen LogP contribution is 2.24. The lowest BCUT2D eigenvalue weighted by atomic mass is 10.0. The zero-order valence-corrected chi connectivity index (χ0v) is 7.83. The number of nitrogens with two attached hydrogens (primary N) is 1. The first kappa shape index (κ1) is 10.5. The first-order chi connectivity index (χ1) is 6.24. The van der Waals surface area contributed by atoms with Crippen LogP contribution in [0.15, 0.2) is 0 Å². The van der Waals surface area contributed by atoms with Gasteiger partial charge in [0.1, 0.15) is 0 Å². The molecule has 4 heteroatoms. The molecule has 1 saturated carbocycles. The molecule has 4 nitrogen and oxygen atoms in total. The molecule has 0 aromatic rings. The fourth-order valence-electron chi connectivity index (χ4n) is 1.95. The van der Waals surface area contributed by atoms with E-state index < -0.39 is 5.97 Å². The van der Waals surface area contributed by atoms with Gasteiger partial charge in [0.2, 0.25) is 0 Å². The normalized spacial score (nSPS) is 27.8. The van der Waals surface area contributed by atoms with E-state index in [1.54, 1.807) is 0 Å². The number of nitrogens with one attached hydrogen (secondary N) is 1. The summed E-state index contributed by atoms with van der Waals surface area (Å²) >= 11 is 0. The van der Waals surface area contributed by atoms with E-state index in [0.29, 0.717) is 25.0 Å². The van der Waals surface area contributed by atoms with Gasteiger partial charge in [-0.3, -0.25) is 4.79 Å². The van der Waals surface area contributed by atoms with Crippen LogP contribution in [-0.4, -0.2) is 30.2 Å². The molecule has 0 aliphatic heterocycles. The maximum Gasteiger partial charge on any atom is 0.304 e. The second kappa shape index (κ2) is 5.19. The van der Waals surface area contributed by atoms with E-state index in [2.05, 4.69) is 5.32 Å². The first-order valence-corrected chi connectivity index (χ1v) is 4.89. The van der Waals surface area contributed by atoms with Crippen molar-refractivity contribution in [1.82, 2.24) is 5.32 Å². The molecule has 76 valence electrons. The van der Waals surface area contributed by atoms with Crippen LogP contribution in [-0.2, 0) is 4.79 Å². The predicted octanol–water partition coefficient (Wildman–Crippen LogP) is 0.178. The van der Waals surface area contributed by atoms with E-state index in [-0.39, 0.29) is 6.42 Å². The summed E-state index contributed by atoms with van der Waals surface area (Å²) in [4.78, 5) is 10.3. The first-order valence-electron chi connectivity index (χ1n) is 4.89. The smallest absolute Gasteiger partial charge is 0.304 e. The van der Waals surface area contributed by atoms with E-state index in [0.717, 1.165) is 6.42 Å². The number of carboxylic acids is 1. The Morgan fingerprint density at radius 2 is 2.31 bits per heavy atom. The molecule has 1 fully saturated rings. The summed E-state index contributed by atoms with van der Waals surface area (Å²) in [5.74, 6) is -0.191. The van der Waals surface area contributed by atoms with Crippen molar-refractivity contribution < 1.29 is 9.90 Å².